The molecule has 0 spiro atoms. The Morgan fingerprint density at radius 2 is 2.00 bits per heavy atom. The number of hydrogen-bond donors (Lipinski definition) is 2. The summed E-state index contributed by atoms with van der Waals surface area (Å²) in [5.74, 6) is 1.54. The van der Waals surface area contributed by atoms with Gasteiger partial charge in [-0.2, -0.15) is 0 Å². The highest BCUT2D eigenvalue weighted by Gasteiger charge is 2.28. The van der Waals surface area contributed by atoms with Crippen LogP contribution < -0.4 is 20.1 Å². The number of carbonyl (C=O) groups is 1. The summed E-state index contributed by atoms with van der Waals surface area (Å²) in [6, 6.07) is 4.83. The van der Waals surface area contributed by atoms with Gasteiger partial charge in [-0.15, -0.1) is 0 Å². The smallest absolute Gasteiger partial charge is 0.315 e. The number of urea groups is 1. The molecule has 2 heterocycles. The van der Waals surface area contributed by atoms with E-state index in [0.29, 0.717) is 37.7 Å². The first kappa shape index (κ1) is 15.0. The lowest BCUT2D eigenvalue weighted by molar-refractivity contribution is 0.171. The molecule has 2 N–H and O–H groups in total. The van der Waals surface area contributed by atoms with Gasteiger partial charge in [-0.25, -0.2) is 13.2 Å². The quantitative estimate of drug-likeness (QED) is 0.841. The Hall–Kier alpha value is -1.96. The van der Waals surface area contributed by atoms with E-state index in [1.807, 2.05) is 18.2 Å². The predicted molar refractivity (Wildman–Crippen MR) is 79.9 cm³/mol. The molecule has 22 heavy (non-hydrogen) atoms. The number of fused-ring (bicyclic) bond motifs is 1. The van der Waals surface area contributed by atoms with Crippen LogP contribution in [0.1, 0.15) is 12.0 Å². The third kappa shape index (κ3) is 3.62. The molecule has 0 aliphatic carbocycles. The molecule has 2 aliphatic rings. The Balaban J connectivity index is 1.51. The summed E-state index contributed by atoms with van der Waals surface area (Å²) < 4.78 is 33.6. The minimum atomic E-state index is -2.99. The minimum Gasteiger partial charge on any atom is -0.486 e. The van der Waals surface area contributed by atoms with Crippen LogP contribution in [0.5, 0.6) is 11.5 Å². The normalized spacial score (nSPS) is 22.1. The molecule has 0 aromatic heterocycles. The van der Waals surface area contributed by atoms with E-state index in [-0.39, 0.29) is 23.6 Å². The fraction of sp³-hybridized carbons (Fsp3) is 0.500. The van der Waals surface area contributed by atoms with Crippen LogP contribution in [0.15, 0.2) is 18.2 Å². The lowest BCUT2D eigenvalue weighted by atomic mass is 10.2. The molecule has 120 valence electrons. The van der Waals surface area contributed by atoms with Gasteiger partial charge in [0.2, 0.25) is 0 Å². The fourth-order valence-electron chi connectivity index (χ4n) is 2.53. The van der Waals surface area contributed by atoms with E-state index >= 15 is 0 Å². The number of amides is 2. The van der Waals surface area contributed by atoms with Gasteiger partial charge in [-0.3, -0.25) is 0 Å². The summed E-state index contributed by atoms with van der Waals surface area (Å²) >= 11 is 0. The molecule has 0 unspecified atom stereocenters. The van der Waals surface area contributed by atoms with E-state index in [9.17, 15) is 13.2 Å². The summed E-state index contributed by atoms with van der Waals surface area (Å²) in [5.41, 5.74) is 0.887. The zero-order chi connectivity index (χ0) is 15.6. The second-order valence-corrected chi connectivity index (χ2v) is 7.63. The van der Waals surface area contributed by atoms with Crippen molar-refractivity contribution in [3.05, 3.63) is 23.8 Å². The number of benzene rings is 1. The van der Waals surface area contributed by atoms with Crippen molar-refractivity contribution in [3.8, 4) is 11.5 Å². The molecule has 2 amide bonds. The monoisotopic (exact) mass is 326 g/mol. The molecule has 1 aromatic carbocycles. The van der Waals surface area contributed by atoms with Crippen molar-refractivity contribution in [2.45, 2.75) is 19.0 Å². The second-order valence-electron chi connectivity index (χ2n) is 5.40. The van der Waals surface area contributed by atoms with Crippen LogP contribution in [0.25, 0.3) is 0 Å². The number of carbonyl (C=O) groups excluding carboxylic acids is 1. The fourth-order valence-corrected chi connectivity index (χ4v) is 4.20. The van der Waals surface area contributed by atoms with Crippen LogP contribution in [-0.2, 0) is 16.4 Å². The van der Waals surface area contributed by atoms with Gasteiger partial charge in [-0.1, -0.05) is 6.07 Å². The molecule has 1 saturated heterocycles. The minimum absolute atomic E-state index is 0.0183. The largest absolute Gasteiger partial charge is 0.486 e. The molecule has 1 atom stereocenters. The maximum Gasteiger partial charge on any atom is 0.315 e. The third-order valence-corrected chi connectivity index (χ3v) is 5.40. The summed E-state index contributed by atoms with van der Waals surface area (Å²) in [5, 5.41) is 5.40. The Morgan fingerprint density at radius 3 is 2.73 bits per heavy atom. The van der Waals surface area contributed by atoms with Crippen molar-refractivity contribution < 1.29 is 22.7 Å². The van der Waals surface area contributed by atoms with Crippen LogP contribution in [-0.4, -0.2) is 45.2 Å². The lowest BCUT2D eigenvalue weighted by Gasteiger charge is -2.19. The summed E-state index contributed by atoms with van der Waals surface area (Å²) in [4.78, 5) is 11.8. The molecule has 1 fully saturated rings. The number of ether oxygens (including phenoxy) is 2. The molecule has 2 aliphatic heterocycles. The summed E-state index contributed by atoms with van der Waals surface area (Å²) in [6.07, 6.45) is 0.472. The molecule has 0 bridgehead atoms. The molecular weight excluding hydrogens is 308 g/mol. The van der Waals surface area contributed by atoms with Crippen LogP contribution in [0.4, 0.5) is 4.79 Å². The average molecular weight is 326 g/mol. The molecule has 1 aromatic rings. The maximum atomic E-state index is 11.8. The SMILES string of the molecule is O=C(NCc1ccc2c(c1)OCCO2)N[C@@H]1CCS(=O)(=O)C1. The van der Waals surface area contributed by atoms with Crippen molar-refractivity contribution in [3.63, 3.8) is 0 Å². The lowest BCUT2D eigenvalue weighted by Crippen LogP contribution is -2.42. The number of hydrogen-bond acceptors (Lipinski definition) is 5. The molecule has 7 nitrogen and oxygen atoms in total. The summed E-state index contributed by atoms with van der Waals surface area (Å²) in [6.45, 7) is 1.39. The second kappa shape index (κ2) is 6.04. The third-order valence-electron chi connectivity index (χ3n) is 3.63. The van der Waals surface area contributed by atoms with Crippen molar-refractivity contribution in [1.82, 2.24) is 10.6 Å². The highest BCUT2D eigenvalue weighted by molar-refractivity contribution is 7.91. The summed E-state index contributed by atoms with van der Waals surface area (Å²) in [7, 11) is -2.99. The van der Waals surface area contributed by atoms with Crippen molar-refractivity contribution in [2.24, 2.45) is 0 Å². The van der Waals surface area contributed by atoms with Gasteiger partial charge in [0.25, 0.3) is 0 Å². The van der Waals surface area contributed by atoms with E-state index in [0.717, 1.165) is 5.56 Å². The van der Waals surface area contributed by atoms with E-state index in [4.69, 9.17) is 9.47 Å². The maximum absolute atomic E-state index is 11.8. The first-order valence-corrected chi connectivity index (χ1v) is 8.97. The molecular formula is C14H18N2O5S. The molecule has 3 rings (SSSR count). The van der Waals surface area contributed by atoms with Crippen LogP contribution in [0.3, 0.4) is 0 Å². The van der Waals surface area contributed by atoms with Crippen molar-refractivity contribution in [2.75, 3.05) is 24.7 Å². The van der Waals surface area contributed by atoms with Gasteiger partial charge in [0.15, 0.2) is 21.3 Å². The van der Waals surface area contributed by atoms with Gasteiger partial charge in [-0.05, 0) is 24.1 Å². The highest BCUT2D eigenvalue weighted by Crippen LogP contribution is 2.30. The van der Waals surface area contributed by atoms with Crippen molar-refractivity contribution >= 4 is 15.9 Å². The first-order chi connectivity index (χ1) is 10.5. The standard InChI is InChI=1S/C14H18N2O5S/c17-14(16-11-3-6-22(18,19)9-11)15-8-10-1-2-12-13(7-10)21-5-4-20-12/h1-2,7,11H,3-6,8-9H2,(H2,15,16,17)/t11-/m1/s1. The number of sulfone groups is 1. The van der Waals surface area contributed by atoms with Gasteiger partial charge in [0, 0.05) is 12.6 Å². The molecule has 8 heteroatoms. The Bertz CT molecular complexity index is 674. The molecule has 0 saturated carbocycles. The predicted octanol–water partition coefficient (Wildman–Crippen LogP) is 0.444. The number of nitrogens with one attached hydrogen (secondary N) is 2. The van der Waals surface area contributed by atoms with Gasteiger partial charge >= 0.3 is 6.03 Å². The van der Waals surface area contributed by atoms with Gasteiger partial charge < -0.3 is 20.1 Å². The van der Waals surface area contributed by atoms with Crippen molar-refractivity contribution in [1.29, 1.82) is 0 Å². The van der Waals surface area contributed by atoms with Crippen LogP contribution >= 0.6 is 0 Å². The van der Waals surface area contributed by atoms with Gasteiger partial charge in [0.1, 0.15) is 13.2 Å². The van der Waals surface area contributed by atoms with Crippen LogP contribution in [0, 0.1) is 0 Å². The zero-order valence-electron chi connectivity index (χ0n) is 12.0. The average Bonchev–Trinajstić information content (AvgIpc) is 2.84. The molecule has 0 radical (unpaired) electrons. The Labute approximate surface area is 128 Å². The van der Waals surface area contributed by atoms with Crippen LogP contribution in [0.2, 0.25) is 0 Å². The zero-order valence-corrected chi connectivity index (χ0v) is 12.8. The number of rotatable bonds is 3. The van der Waals surface area contributed by atoms with Gasteiger partial charge in [0.05, 0.1) is 11.5 Å². The van der Waals surface area contributed by atoms with E-state index < -0.39 is 9.84 Å². The topological polar surface area (TPSA) is 93.7 Å². The highest BCUT2D eigenvalue weighted by atomic mass is 32.2. The first-order valence-electron chi connectivity index (χ1n) is 7.15. The van der Waals surface area contributed by atoms with E-state index in [2.05, 4.69) is 10.6 Å². The van der Waals surface area contributed by atoms with E-state index in [1.54, 1.807) is 0 Å². The van der Waals surface area contributed by atoms with E-state index in [1.165, 1.54) is 0 Å². The Kier molecular flexibility index (Phi) is 4.10. The Morgan fingerprint density at radius 1 is 1.23 bits per heavy atom.